The number of hydrogen-bond acceptors (Lipinski definition) is 1. The van der Waals surface area contributed by atoms with Gasteiger partial charge in [0.25, 0.3) is 0 Å². The standard InChI is InChI=1S/C20H12O/c1-2-7-15-12-19-18(11-14(15)6-1)17-10-9-13-5-3-4-8-16(13)20(17)21-19/h1-12H. The van der Waals surface area contributed by atoms with Crippen molar-refractivity contribution < 1.29 is 4.42 Å². The van der Waals surface area contributed by atoms with Crippen LogP contribution in [0.3, 0.4) is 0 Å². The van der Waals surface area contributed by atoms with Crippen molar-refractivity contribution in [2.75, 3.05) is 0 Å². The van der Waals surface area contributed by atoms with E-state index in [9.17, 15) is 0 Å². The van der Waals surface area contributed by atoms with Gasteiger partial charge in [-0.1, -0.05) is 54.6 Å². The lowest BCUT2D eigenvalue weighted by molar-refractivity contribution is 0.673. The Bertz CT molecular complexity index is 1130. The van der Waals surface area contributed by atoms with Crippen LogP contribution in [-0.2, 0) is 0 Å². The fourth-order valence-electron chi connectivity index (χ4n) is 3.19. The molecule has 4 aromatic carbocycles. The summed E-state index contributed by atoms with van der Waals surface area (Å²) in [6.45, 7) is 0. The van der Waals surface area contributed by atoms with Crippen molar-refractivity contribution in [1.29, 1.82) is 0 Å². The molecule has 0 fully saturated rings. The largest absolute Gasteiger partial charge is 0.455 e. The van der Waals surface area contributed by atoms with Crippen LogP contribution in [0.5, 0.6) is 0 Å². The molecule has 0 saturated carbocycles. The highest BCUT2D eigenvalue weighted by molar-refractivity contribution is 6.17. The van der Waals surface area contributed by atoms with E-state index in [-0.39, 0.29) is 0 Å². The fraction of sp³-hybridized carbons (Fsp3) is 0. The predicted molar refractivity (Wildman–Crippen MR) is 88.7 cm³/mol. The van der Waals surface area contributed by atoms with Gasteiger partial charge in [-0.2, -0.15) is 0 Å². The van der Waals surface area contributed by atoms with Crippen molar-refractivity contribution >= 4 is 43.5 Å². The molecule has 1 aromatic heterocycles. The van der Waals surface area contributed by atoms with E-state index in [1.54, 1.807) is 0 Å². The minimum Gasteiger partial charge on any atom is -0.455 e. The van der Waals surface area contributed by atoms with Crippen LogP contribution in [0.4, 0.5) is 0 Å². The van der Waals surface area contributed by atoms with E-state index in [1.807, 2.05) is 0 Å². The molecule has 98 valence electrons. The zero-order valence-electron chi connectivity index (χ0n) is 11.3. The molecule has 1 heterocycles. The lowest BCUT2D eigenvalue weighted by Crippen LogP contribution is -1.73. The van der Waals surface area contributed by atoms with E-state index in [0.29, 0.717) is 0 Å². The third-order valence-corrected chi connectivity index (χ3v) is 4.23. The second-order valence-corrected chi connectivity index (χ2v) is 5.46. The first-order chi connectivity index (χ1) is 10.4. The molecule has 0 atom stereocenters. The number of furan rings is 1. The molecule has 0 saturated heterocycles. The summed E-state index contributed by atoms with van der Waals surface area (Å²) in [6.07, 6.45) is 0. The molecule has 21 heavy (non-hydrogen) atoms. The van der Waals surface area contributed by atoms with Crippen molar-refractivity contribution in [2.45, 2.75) is 0 Å². The van der Waals surface area contributed by atoms with E-state index in [2.05, 4.69) is 72.8 Å². The van der Waals surface area contributed by atoms with Gasteiger partial charge in [0.05, 0.1) is 0 Å². The molecular weight excluding hydrogens is 256 g/mol. The first-order valence-corrected chi connectivity index (χ1v) is 7.13. The molecule has 0 N–H and O–H groups in total. The maximum Gasteiger partial charge on any atom is 0.143 e. The monoisotopic (exact) mass is 268 g/mol. The van der Waals surface area contributed by atoms with Crippen LogP contribution in [-0.4, -0.2) is 0 Å². The molecular formula is C20H12O. The van der Waals surface area contributed by atoms with Crippen LogP contribution < -0.4 is 0 Å². The predicted octanol–water partition coefficient (Wildman–Crippen LogP) is 5.89. The first-order valence-electron chi connectivity index (χ1n) is 7.13. The minimum atomic E-state index is 0.958. The van der Waals surface area contributed by atoms with E-state index in [0.717, 1.165) is 11.2 Å². The average Bonchev–Trinajstić information content (AvgIpc) is 2.90. The van der Waals surface area contributed by atoms with Gasteiger partial charge in [0.1, 0.15) is 11.2 Å². The maximum absolute atomic E-state index is 6.17. The van der Waals surface area contributed by atoms with Crippen molar-refractivity contribution in [3.05, 3.63) is 72.8 Å². The van der Waals surface area contributed by atoms with Gasteiger partial charge in [0.2, 0.25) is 0 Å². The Kier molecular flexibility index (Phi) is 2.01. The lowest BCUT2D eigenvalue weighted by atomic mass is 10.0. The van der Waals surface area contributed by atoms with Gasteiger partial charge in [-0.3, -0.25) is 0 Å². The normalized spacial score (nSPS) is 11.8. The summed E-state index contributed by atoms with van der Waals surface area (Å²) >= 11 is 0. The van der Waals surface area contributed by atoms with E-state index in [4.69, 9.17) is 4.42 Å². The van der Waals surface area contributed by atoms with Gasteiger partial charge < -0.3 is 4.42 Å². The SMILES string of the molecule is c1ccc2cc3c(cc2c1)oc1c2ccccc2ccc31. The molecule has 5 aromatic rings. The highest BCUT2D eigenvalue weighted by Gasteiger charge is 2.10. The Morgan fingerprint density at radius 3 is 2.10 bits per heavy atom. The molecule has 5 rings (SSSR count). The van der Waals surface area contributed by atoms with Crippen molar-refractivity contribution in [3.8, 4) is 0 Å². The second kappa shape index (κ2) is 3.86. The molecule has 0 aliphatic rings. The molecule has 1 nitrogen and oxygen atoms in total. The topological polar surface area (TPSA) is 13.1 Å². The van der Waals surface area contributed by atoms with Crippen LogP contribution in [0.15, 0.2) is 77.2 Å². The van der Waals surface area contributed by atoms with E-state index < -0.39 is 0 Å². The zero-order valence-corrected chi connectivity index (χ0v) is 11.3. The van der Waals surface area contributed by atoms with E-state index >= 15 is 0 Å². The van der Waals surface area contributed by atoms with Crippen LogP contribution in [0.2, 0.25) is 0 Å². The lowest BCUT2D eigenvalue weighted by Gasteiger charge is -1.97. The van der Waals surface area contributed by atoms with Gasteiger partial charge in [0, 0.05) is 16.2 Å². The summed E-state index contributed by atoms with van der Waals surface area (Å²) in [5.41, 5.74) is 1.94. The Hall–Kier alpha value is -2.80. The van der Waals surface area contributed by atoms with Crippen LogP contribution in [0.25, 0.3) is 43.5 Å². The highest BCUT2D eigenvalue weighted by atomic mass is 16.3. The number of fused-ring (bicyclic) bond motifs is 6. The molecule has 1 heteroatoms. The smallest absolute Gasteiger partial charge is 0.143 e. The summed E-state index contributed by atoms with van der Waals surface area (Å²) in [5.74, 6) is 0. The van der Waals surface area contributed by atoms with Gasteiger partial charge in [0.15, 0.2) is 0 Å². The zero-order chi connectivity index (χ0) is 13.8. The summed E-state index contributed by atoms with van der Waals surface area (Å²) in [5, 5.41) is 7.24. The summed E-state index contributed by atoms with van der Waals surface area (Å²) < 4.78 is 6.17. The van der Waals surface area contributed by atoms with Crippen LogP contribution in [0.1, 0.15) is 0 Å². The molecule has 0 spiro atoms. The summed E-state index contributed by atoms with van der Waals surface area (Å²) in [6, 6.07) is 25.5. The Morgan fingerprint density at radius 2 is 1.24 bits per heavy atom. The Balaban J connectivity index is 2.04. The quantitative estimate of drug-likeness (QED) is 0.341. The van der Waals surface area contributed by atoms with Gasteiger partial charge in [-0.25, -0.2) is 0 Å². The first kappa shape index (κ1) is 10.9. The van der Waals surface area contributed by atoms with Crippen LogP contribution in [0, 0.1) is 0 Å². The molecule has 0 radical (unpaired) electrons. The molecule has 0 bridgehead atoms. The van der Waals surface area contributed by atoms with Crippen molar-refractivity contribution in [3.63, 3.8) is 0 Å². The fourth-order valence-corrected chi connectivity index (χ4v) is 3.19. The molecule has 0 aliphatic carbocycles. The van der Waals surface area contributed by atoms with Gasteiger partial charge in [-0.05, 0) is 34.4 Å². The molecule has 0 amide bonds. The second-order valence-electron chi connectivity index (χ2n) is 5.46. The third-order valence-electron chi connectivity index (χ3n) is 4.23. The van der Waals surface area contributed by atoms with Gasteiger partial charge in [-0.15, -0.1) is 0 Å². The Morgan fingerprint density at radius 1 is 0.524 bits per heavy atom. The summed E-state index contributed by atoms with van der Waals surface area (Å²) in [4.78, 5) is 0. The number of benzene rings is 4. The highest BCUT2D eigenvalue weighted by Crippen LogP contribution is 2.35. The summed E-state index contributed by atoms with van der Waals surface area (Å²) in [7, 11) is 0. The van der Waals surface area contributed by atoms with Crippen LogP contribution >= 0.6 is 0 Å². The maximum atomic E-state index is 6.17. The number of rotatable bonds is 0. The molecule has 0 unspecified atom stereocenters. The average molecular weight is 268 g/mol. The molecule has 0 aliphatic heterocycles. The van der Waals surface area contributed by atoms with Crippen molar-refractivity contribution in [1.82, 2.24) is 0 Å². The van der Waals surface area contributed by atoms with Gasteiger partial charge >= 0.3 is 0 Å². The van der Waals surface area contributed by atoms with Crippen molar-refractivity contribution in [2.24, 2.45) is 0 Å². The Labute approximate surface area is 121 Å². The number of hydrogen-bond donors (Lipinski definition) is 0. The minimum absolute atomic E-state index is 0.958. The third kappa shape index (κ3) is 1.46. The van der Waals surface area contributed by atoms with E-state index in [1.165, 1.54) is 32.3 Å².